The number of rotatable bonds is 5. The summed E-state index contributed by atoms with van der Waals surface area (Å²) in [5, 5.41) is -0.634. The number of hydrogen-bond donors (Lipinski definition) is 1. The normalized spacial score (nSPS) is 17.4. The first-order chi connectivity index (χ1) is 12.9. The Morgan fingerprint density at radius 3 is 2.67 bits per heavy atom. The van der Waals surface area contributed by atoms with Gasteiger partial charge in [0.2, 0.25) is 10.0 Å². The number of nitrogens with one attached hydrogen (secondary N) is 1. The highest BCUT2D eigenvalue weighted by molar-refractivity contribution is 7.93. The third kappa shape index (κ3) is 4.57. The maximum absolute atomic E-state index is 12.9. The van der Waals surface area contributed by atoms with Gasteiger partial charge in [-0.05, 0) is 37.1 Å². The van der Waals surface area contributed by atoms with Crippen molar-refractivity contribution >= 4 is 27.4 Å². The number of sulfonamides is 1. The summed E-state index contributed by atoms with van der Waals surface area (Å²) in [5.41, 5.74) is 1.05. The van der Waals surface area contributed by atoms with Gasteiger partial charge in [0.1, 0.15) is 5.82 Å². The lowest BCUT2D eigenvalue weighted by atomic mass is 10.1. The van der Waals surface area contributed by atoms with E-state index in [-0.39, 0.29) is 12.5 Å². The third-order valence-electron chi connectivity index (χ3n) is 4.59. The Kier molecular flexibility index (Phi) is 5.65. The van der Waals surface area contributed by atoms with Crippen LogP contribution in [-0.4, -0.2) is 56.6 Å². The van der Waals surface area contributed by atoms with Gasteiger partial charge in [-0.2, -0.15) is 0 Å². The average Bonchev–Trinajstić information content (AvgIpc) is 2.68. The largest absolute Gasteiger partial charge is 0.363 e. The van der Waals surface area contributed by atoms with Crippen molar-refractivity contribution in [3.63, 3.8) is 0 Å². The quantitative estimate of drug-likeness (QED) is 0.849. The predicted molar refractivity (Wildman–Crippen MR) is 106 cm³/mol. The second-order valence-corrected chi connectivity index (χ2v) is 8.79. The summed E-state index contributed by atoms with van der Waals surface area (Å²) < 4.78 is 28.1. The summed E-state index contributed by atoms with van der Waals surface area (Å²) in [6.07, 6.45) is 2.78. The van der Waals surface area contributed by atoms with Gasteiger partial charge in [-0.25, -0.2) is 13.4 Å². The molecule has 0 spiro atoms. The fraction of sp³-hybridized carbons (Fsp3) is 0.368. The molecule has 1 amide bonds. The topological polar surface area (TPSA) is 82.6 Å². The molecule has 1 aromatic heterocycles. The molecule has 8 heteroatoms. The van der Waals surface area contributed by atoms with Gasteiger partial charge in [-0.3, -0.25) is 9.52 Å². The van der Waals surface area contributed by atoms with Crippen LogP contribution in [0.25, 0.3) is 0 Å². The highest BCUT2D eigenvalue weighted by Gasteiger charge is 2.33. The van der Waals surface area contributed by atoms with Crippen LogP contribution in [0.1, 0.15) is 23.2 Å². The molecule has 1 unspecified atom stereocenters. The van der Waals surface area contributed by atoms with E-state index < -0.39 is 15.3 Å². The molecular weight excluding hydrogens is 364 g/mol. The molecule has 1 saturated heterocycles. The summed E-state index contributed by atoms with van der Waals surface area (Å²) in [6, 6.07) is 12.2. The number of pyridine rings is 1. The van der Waals surface area contributed by atoms with Crippen molar-refractivity contribution in [2.75, 3.05) is 36.8 Å². The number of likely N-dealkylation sites (tertiary alicyclic amines) is 1. The minimum absolute atomic E-state index is 0.167. The highest BCUT2D eigenvalue weighted by atomic mass is 32.2. The maximum atomic E-state index is 12.9. The van der Waals surface area contributed by atoms with Gasteiger partial charge >= 0.3 is 0 Å². The maximum Gasteiger partial charge on any atom is 0.254 e. The molecular formula is C19H24N4O3S. The Bertz CT molecular complexity index is 900. The van der Waals surface area contributed by atoms with Crippen LogP contribution in [0, 0.1) is 0 Å². The number of piperidine rings is 1. The van der Waals surface area contributed by atoms with E-state index in [9.17, 15) is 13.2 Å². The summed E-state index contributed by atoms with van der Waals surface area (Å²) in [5.74, 6) is 0.521. The molecule has 144 valence electrons. The molecule has 3 rings (SSSR count). The van der Waals surface area contributed by atoms with Crippen LogP contribution in [-0.2, 0) is 10.0 Å². The molecule has 1 aromatic carbocycles. The smallest absolute Gasteiger partial charge is 0.254 e. The van der Waals surface area contributed by atoms with Gasteiger partial charge in [0.25, 0.3) is 5.91 Å². The SMILES string of the molecule is CN(C)c1cc(C(=O)N2CCCC(S(=O)(=O)Nc3ccccc3)C2)ccn1. The number of amides is 1. The summed E-state index contributed by atoms with van der Waals surface area (Å²) >= 11 is 0. The standard InChI is InChI=1S/C19H24N4O3S/c1-22(2)18-13-15(10-11-20-18)19(24)23-12-6-9-17(14-23)27(25,26)21-16-7-4-3-5-8-16/h3-5,7-8,10-11,13,17,21H,6,9,12,14H2,1-2H3. The summed E-state index contributed by atoms with van der Waals surface area (Å²) in [4.78, 5) is 20.5. The number of para-hydroxylation sites is 1. The van der Waals surface area contributed by atoms with E-state index in [2.05, 4.69) is 9.71 Å². The fourth-order valence-electron chi connectivity index (χ4n) is 3.11. The van der Waals surface area contributed by atoms with E-state index in [0.29, 0.717) is 36.5 Å². The van der Waals surface area contributed by atoms with E-state index in [0.717, 1.165) is 0 Å². The number of aromatic nitrogens is 1. The van der Waals surface area contributed by atoms with Crippen LogP contribution >= 0.6 is 0 Å². The van der Waals surface area contributed by atoms with Crippen molar-refractivity contribution < 1.29 is 13.2 Å². The number of anilines is 2. The van der Waals surface area contributed by atoms with Gasteiger partial charge in [0, 0.05) is 44.6 Å². The zero-order valence-corrected chi connectivity index (χ0v) is 16.3. The van der Waals surface area contributed by atoms with E-state index in [1.807, 2.05) is 25.1 Å². The van der Waals surface area contributed by atoms with Crippen LogP contribution in [0.3, 0.4) is 0 Å². The number of nitrogens with zero attached hydrogens (tertiary/aromatic N) is 3. The fourth-order valence-corrected chi connectivity index (χ4v) is 4.59. The average molecular weight is 388 g/mol. The van der Waals surface area contributed by atoms with Gasteiger partial charge in [0.05, 0.1) is 5.25 Å². The van der Waals surface area contributed by atoms with Crippen LogP contribution in [0.4, 0.5) is 11.5 Å². The van der Waals surface area contributed by atoms with Crippen LogP contribution in [0.5, 0.6) is 0 Å². The molecule has 1 atom stereocenters. The first-order valence-electron chi connectivity index (χ1n) is 8.86. The number of benzene rings is 1. The van der Waals surface area contributed by atoms with Crippen LogP contribution in [0.15, 0.2) is 48.7 Å². The van der Waals surface area contributed by atoms with Crippen molar-refractivity contribution in [3.8, 4) is 0 Å². The van der Waals surface area contributed by atoms with E-state index in [4.69, 9.17) is 0 Å². The van der Waals surface area contributed by atoms with Crippen molar-refractivity contribution in [1.82, 2.24) is 9.88 Å². The Hall–Kier alpha value is -2.61. The summed E-state index contributed by atoms with van der Waals surface area (Å²) in [7, 11) is 0.142. The van der Waals surface area contributed by atoms with E-state index >= 15 is 0 Å². The van der Waals surface area contributed by atoms with Gasteiger partial charge < -0.3 is 9.80 Å². The summed E-state index contributed by atoms with van der Waals surface area (Å²) in [6.45, 7) is 0.733. The Morgan fingerprint density at radius 1 is 1.22 bits per heavy atom. The molecule has 2 aromatic rings. The Morgan fingerprint density at radius 2 is 1.96 bits per heavy atom. The van der Waals surface area contributed by atoms with Crippen molar-refractivity contribution in [2.45, 2.75) is 18.1 Å². The zero-order valence-electron chi connectivity index (χ0n) is 15.5. The third-order valence-corrected chi connectivity index (χ3v) is 6.37. The first-order valence-corrected chi connectivity index (χ1v) is 10.4. The number of hydrogen-bond acceptors (Lipinski definition) is 5. The lowest BCUT2D eigenvalue weighted by Crippen LogP contribution is -2.46. The molecule has 27 heavy (non-hydrogen) atoms. The zero-order chi connectivity index (χ0) is 19.4. The van der Waals surface area contributed by atoms with Gasteiger partial charge in [-0.1, -0.05) is 18.2 Å². The minimum atomic E-state index is -3.57. The molecule has 7 nitrogen and oxygen atoms in total. The van der Waals surface area contributed by atoms with Crippen molar-refractivity contribution in [2.24, 2.45) is 0 Å². The minimum Gasteiger partial charge on any atom is -0.363 e. The number of carbonyl (C=O) groups excluding carboxylic acids is 1. The molecule has 1 aliphatic heterocycles. The predicted octanol–water partition coefficient (Wildman–Crippen LogP) is 2.19. The molecule has 0 bridgehead atoms. The molecule has 1 fully saturated rings. The second-order valence-electron chi connectivity index (χ2n) is 6.83. The molecule has 2 heterocycles. The van der Waals surface area contributed by atoms with E-state index in [1.165, 1.54) is 0 Å². The Balaban J connectivity index is 1.73. The van der Waals surface area contributed by atoms with Gasteiger partial charge in [0.15, 0.2) is 0 Å². The van der Waals surface area contributed by atoms with Crippen molar-refractivity contribution in [3.05, 3.63) is 54.2 Å². The number of carbonyl (C=O) groups is 1. The second kappa shape index (κ2) is 7.96. The van der Waals surface area contributed by atoms with Crippen LogP contribution in [0.2, 0.25) is 0 Å². The van der Waals surface area contributed by atoms with Crippen molar-refractivity contribution in [1.29, 1.82) is 0 Å². The highest BCUT2D eigenvalue weighted by Crippen LogP contribution is 2.22. The Labute approximate surface area is 160 Å². The van der Waals surface area contributed by atoms with Crippen LogP contribution < -0.4 is 9.62 Å². The molecule has 0 radical (unpaired) electrons. The molecule has 1 aliphatic rings. The first kappa shape index (κ1) is 19.2. The monoisotopic (exact) mass is 388 g/mol. The van der Waals surface area contributed by atoms with Gasteiger partial charge in [-0.15, -0.1) is 0 Å². The lowest BCUT2D eigenvalue weighted by Gasteiger charge is -2.32. The molecule has 0 aliphatic carbocycles. The lowest BCUT2D eigenvalue weighted by molar-refractivity contribution is 0.0727. The van der Waals surface area contributed by atoms with E-state index in [1.54, 1.807) is 47.5 Å². The molecule has 0 saturated carbocycles. The molecule has 1 N–H and O–H groups in total.